The summed E-state index contributed by atoms with van der Waals surface area (Å²) in [6, 6.07) is 10.5. The number of hydrogen-bond donors (Lipinski definition) is 3. The van der Waals surface area contributed by atoms with Gasteiger partial charge in [-0.1, -0.05) is 18.5 Å². The molecule has 0 aliphatic heterocycles. The maximum absolute atomic E-state index is 12.0. The fraction of sp³-hybridized carbons (Fsp3) is 0.125. The smallest absolute Gasteiger partial charge is 0.271 e. The number of phenols is 2. The third kappa shape index (κ3) is 3.77. The Bertz CT molecular complexity index is 712. The number of amides is 1. The summed E-state index contributed by atoms with van der Waals surface area (Å²) in [6.07, 6.45) is 0.470. The SMILES string of the molecule is CCC(=NNC(=O)c1ccc(Cl)cc1)c1cc(O)ccc1O. The lowest BCUT2D eigenvalue weighted by atomic mass is 10.1. The van der Waals surface area contributed by atoms with Gasteiger partial charge in [0, 0.05) is 16.1 Å². The molecule has 0 radical (unpaired) electrons. The van der Waals surface area contributed by atoms with E-state index in [0.717, 1.165) is 0 Å². The molecule has 6 heteroatoms. The number of hydrazone groups is 1. The second-order valence-corrected chi connectivity index (χ2v) is 5.00. The van der Waals surface area contributed by atoms with Gasteiger partial charge in [0.1, 0.15) is 11.5 Å². The van der Waals surface area contributed by atoms with Gasteiger partial charge >= 0.3 is 0 Å². The Morgan fingerprint density at radius 2 is 1.86 bits per heavy atom. The van der Waals surface area contributed by atoms with E-state index in [0.29, 0.717) is 28.3 Å². The Balaban J connectivity index is 2.20. The molecule has 2 aromatic carbocycles. The van der Waals surface area contributed by atoms with Gasteiger partial charge in [-0.15, -0.1) is 0 Å². The summed E-state index contributed by atoms with van der Waals surface area (Å²) in [4.78, 5) is 12.0. The highest BCUT2D eigenvalue weighted by atomic mass is 35.5. The van der Waals surface area contributed by atoms with Crippen molar-refractivity contribution >= 4 is 23.2 Å². The van der Waals surface area contributed by atoms with Gasteiger partial charge in [0.25, 0.3) is 5.91 Å². The average Bonchev–Trinajstić information content (AvgIpc) is 2.51. The molecule has 0 saturated heterocycles. The second kappa shape index (κ2) is 6.95. The largest absolute Gasteiger partial charge is 0.508 e. The fourth-order valence-corrected chi connectivity index (χ4v) is 1.99. The van der Waals surface area contributed by atoms with E-state index in [9.17, 15) is 15.0 Å². The zero-order valence-electron chi connectivity index (χ0n) is 11.9. The Hall–Kier alpha value is -2.53. The quantitative estimate of drug-likeness (QED) is 0.459. The standard InChI is InChI=1S/C16H15ClN2O3/c1-2-14(13-9-12(20)7-8-15(13)21)18-19-16(22)10-3-5-11(17)6-4-10/h3-9,20-21H,2H2,1H3,(H,19,22). The van der Waals surface area contributed by atoms with Crippen LogP contribution in [0.4, 0.5) is 0 Å². The van der Waals surface area contributed by atoms with E-state index >= 15 is 0 Å². The summed E-state index contributed by atoms with van der Waals surface area (Å²) in [7, 11) is 0. The van der Waals surface area contributed by atoms with Crippen molar-refractivity contribution in [3.05, 3.63) is 58.6 Å². The van der Waals surface area contributed by atoms with Gasteiger partial charge in [-0.05, 0) is 48.9 Å². The zero-order chi connectivity index (χ0) is 16.1. The average molecular weight is 319 g/mol. The van der Waals surface area contributed by atoms with E-state index in [-0.39, 0.29) is 17.4 Å². The highest BCUT2D eigenvalue weighted by Gasteiger charge is 2.10. The number of hydrogen-bond acceptors (Lipinski definition) is 4. The van der Waals surface area contributed by atoms with Crippen molar-refractivity contribution < 1.29 is 15.0 Å². The van der Waals surface area contributed by atoms with Crippen LogP contribution < -0.4 is 5.43 Å². The van der Waals surface area contributed by atoms with Crippen LogP contribution in [-0.4, -0.2) is 21.8 Å². The summed E-state index contributed by atoms with van der Waals surface area (Å²) in [5.74, 6) is -0.389. The first-order valence-electron chi connectivity index (χ1n) is 6.66. The Labute approximate surface area is 132 Å². The van der Waals surface area contributed by atoms with Crippen LogP contribution in [-0.2, 0) is 0 Å². The molecule has 2 aromatic rings. The number of aromatic hydroxyl groups is 2. The molecule has 0 aromatic heterocycles. The van der Waals surface area contributed by atoms with Crippen LogP contribution in [0.3, 0.4) is 0 Å². The summed E-state index contributed by atoms with van der Waals surface area (Å²) in [5.41, 5.74) is 3.68. The summed E-state index contributed by atoms with van der Waals surface area (Å²) in [6.45, 7) is 1.83. The number of carbonyl (C=O) groups excluding carboxylic acids is 1. The zero-order valence-corrected chi connectivity index (χ0v) is 12.6. The number of nitrogens with zero attached hydrogens (tertiary/aromatic N) is 1. The normalized spacial score (nSPS) is 11.3. The molecule has 5 nitrogen and oxygen atoms in total. The molecule has 2 rings (SSSR count). The molecule has 22 heavy (non-hydrogen) atoms. The monoisotopic (exact) mass is 318 g/mol. The van der Waals surface area contributed by atoms with E-state index in [4.69, 9.17) is 11.6 Å². The number of phenolic OH excluding ortho intramolecular Hbond substituents is 2. The summed E-state index contributed by atoms with van der Waals surface area (Å²) in [5, 5.41) is 23.9. The first-order chi connectivity index (χ1) is 10.5. The van der Waals surface area contributed by atoms with Crippen molar-refractivity contribution in [2.45, 2.75) is 13.3 Å². The minimum atomic E-state index is -0.387. The van der Waals surface area contributed by atoms with E-state index in [2.05, 4.69) is 10.5 Å². The predicted molar refractivity (Wildman–Crippen MR) is 85.5 cm³/mol. The Morgan fingerprint density at radius 3 is 2.50 bits per heavy atom. The first kappa shape index (κ1) is 15.9. The maximum Gasteiger partial charge on any atom is 0.271 e. The minimum Gasteiger partial charge on any atom is -0.508 e. The number of rotatable bonds is 4. The van der Waals surface area contributed by atoms with Gasteiger partial charge in [-0.3, -0.25) is 4.79 Å². The van der Waals surface area contributed by atoms with Gasteiger partial charge in [0.15, 0.2) is 0 Å². The maximum atomic E-state index is 12.0. The van der Waals surface area contributed by atoms with Crippen LogP contribution in [0.5, 0.6) is 11.5 Å². The molecule has 1 amide bonds. The number of halogens is 1. The highest BCUT2D eigenvalue weighted by Crippen LogP contribution is 2.23. The lowest BCUT2D eigenvalue weighted by Crippen LogP contribution is -2.20. The lowest BCUT2D eigenvalue weighted by molar-refractivity contribution is 0.0955. The molecule has 0 saturated carbocycles. The van der Waals surface area contributed by atoms with Crippen molar-refractivity contribution in [2.75, 3.05) is 0 Å². The topological polar surface area (TPSA) is 81.9 Å². The van der Waals surface area contributed by atoms with Gasteiger partial charge in [-0.25, -0.2) is 5.43 Å². The Kier molecular flexibility index (Phi) is 5.01. The van der Waals surface area contributed by atoms with Gasteiger partial charge in [0.05, 0.1) is 5.71 Å². The summed E-state index contributed by atoms with van der Waals surface area (Å²) >= 11 is 5.77. The van der Waals surface area contributed by atoms with Crippen molar-refractivity contribution in [1.82, 2.24) is 5.43 Å². The third-order valence-electron chi connectivity index (χ3n) is 3.02. The molecule has 3 N–H and O–H groups in total. The van der Waals surface area contributed by atoms with Crippen LogP contribution in [0.15, 0.2) is 47.6 Å². The molecule has 0 spiro atoms. The van der Waals surface area contributed by atoms with Crippen LogP contribution in [0.2, 0.25) is 5.02 Å². The number of carbonyl (C=O) groups is 1. The first-order valence-corrected chi connectivity index (χ1v) is 7.04. The molecule has 0 aliphatic carbocycles. The van der Waals surface area contributed by atoms with Crippen LogP contribution in [0.1, 0.15) is 29.3 Å². The molecule has 0 unspecified atom stereocenters. The number of benzene rings is 2. The van der Waals surface area contributed by atoms with Crippen LogP contribution in [0, 0.1) is 0 Å². The molecule has 0 heterocycles. The van der Waals surface area contributed by atoms with Crippen molar-refractivity contribution in [1.29, 1.82) is 0 Å². The lowest BCUT2D eigenvalue weighted by Gasteiger charge is -2.08. The molecule has 114 valence electrons. The van der Waals surface area contributed by atoms with Crippen LogP contribution in [0.25, 0.3) is 0 Å². The molecule has 0 aliphatic rings. The minimum absolute atomic E-state index is 0.0120. The molecular formula is C16H15ClN2O3. The molecule has 0 atom stereocenters. The molecule has 0 fully saturated rings. The van der Waals surface area contributed by atoms with Gasteiger partial charge in [0.2, 0.25) is 0 Å². The van der Waals surface area contributed by atoms with Crippen LogP contribution >= 0.6 is 11.6 Å². The predicted octanol–water partition coefficient (Wildman–Crippen LogP) is 3.30. The second-order valence-electron chi connectivity index (χ2n) is 4.56. The molecule has 0 bridgehead atoms. The Morgan fingerprint density at radius 1 is 1.18 bits per heavy atom. The highest BCUT2D eigenvalue weighted by molar-refractivity contribution is 6.30. The number of nitrogens with one attached hydrogen (secondary N) is 1. The van der Waals surface area contributed by atoms with E-state index in [1.807, 2.05) is 6.92 Å². The van der Waals surface area contributed by atoms with E-state index < -0.39 is 0 Å². The van der Waals surface area contributed by atoms with Crippen molar-refractivity contribution in [3.63, 3.8) is 0 Å². The fourth-order valence-electron chi connectivity index (χ4n) is 1.87. The third-order valence-corrected chi connectivity index (χ3v) is 3.28. The van der Waals surface area contributed by atoms with Gasteiger partial charge in [-0.2, -0.15) is 5.10 Å². The summed E-state index contributed by atoms with van der Waals surface area (Å²) < 4.78 is 0. The van der Waals surface area contributed by atoms with E-state index in [1.165, 1.54) is 18.2 Å². The molecular weight excluding hydrogens is 304 g/mol. The van der Waals surface area contributed by atoms with E-state index in [1.54, 1.807) is 24.3 Å². The van der Waals surface area contributed by atoms with Crippen molar-refractivity contribution in [2.24, 2.45) is 5.10 Å². The van der Waals surface area contributed by atoms with Crippen molar-refractivity contribution in [3.8, 4) is 11.5 Å². The van der Waals surface area contributed by atoms with Gasteiger partial charge < -0.3 is 10.2 Å².